The minimum Gasteiger partial charge on any atom is -0.435 e. The van der Waals surface area contributed by atoms with Crippen LogP contribution in [0.2, 0.25) is 0 Å². The van der Waals surface area contributed by atoms with Crippen molar-refractivity contribution in [1.29, 1.82) is 0 Å². The molecule has 114 valence electrons. The maximum atomic E-state index is 12.0. The highest BCUT2D eigenvalue weighted by Crippen LogP contribution is 2.16. The van der Waals surface area contributed by atoms with E-state index in [1.54, 1.807) is 12.1 Å². The van der Waals surface area contributed by atoms with E-state index in [0.717, 1.165) is 18.4 Å². The zero-order chi connectivity index (χ0) is 15.1. The first-order valence-electron chi connectivity index (χ1n) is 7.18. The molecule has 1 aromatic rings. The molecule has 0 aliphatic heterocycles. The number of benzene rings is 1. The molecule has 0 saturated heterocycles. The van der Waals surface area contributed by atoms with Crippen LogP contribution in [0.3, 0.4) is 0 Å². The molecule has 4 heteroatoms. The summed E-state index contributed by atoms with van der Waals surface area (Å²) in [5.74, 6) is 0.826. The zero-order valence-corrected chi connectivity index (χ0v) is 12.7. The molecule has 0 fully saturated rings. The Morgan fingerprint density at radius 2 is 1.65 bits per heavy atom. The van der Waals surface area contributed by atoms with Gasteiger partial charge in [0.2, 0.25) is 0 Å². The van der Waals surface area contributed by atoms with Crippen molar-refractivity contribution in [1.82, 2.24) is 5.32 Å². The van der Waals surface area contributed by atoms with Gasteiger partial charge in [-0.2, -0.15) is 8.78 Å². The quantitative estimate of drug-likeness (QED) is 0.771. The van der Waals surface area contributed by atoms with Gasteiger partial charge in [-0.25, -0.2) is 0 Å². The lowest BCUT2D eigenvalue weighted by atomic mass is 10.0. The molecule has 0 aliphatic carbocycles. The fourth-order valence-electron chi connectivity index (χ4n) is 1.95. The predicted molar refractivity (Wildman–Crippen MR) is 78.3 cm³/mol. The molecule has 0 amide bonds. The SMILES string of the molecule is CC(CCc1ccc(OC(F)F)cc1)NC(C)C(C)C. The van der Waals surface area contributed by atoms with Crippen LogP contribution in [0.5, 0.6) is 5.75 Å². The summed E-state index contributed by atoms with van der Waals surface area (Å²) in [6, 6.07) is 7.80. The number of hydrogen-bond donors (Lipinski definition) is 1. The topological polar surface area (TPSA) is 21.3 Å². The summed E-state index contributed by atoms with van der Waals surface area (Å²) < 4.78 is 28.4. The molecular weight excluding hydrogens is 260 g/mol. The Morgan fingerprint density at radius 3 is 2.15 bits per heavy atom. The zero-order valence-electron chi connectivity index (χ0n) is 12.7. The van der Waals surface area contributed by atoms with Gasteiger partial charge in [0.05, 0.1) is 0 Å². The highest BCUT2D eigenvalue weighted by Gasteiger charge is 2.10. The first kappa shape index (κ1) is 16.9. The largest absolute Gasteiger partial charge is 0.435 e. The second kappa shape index (κ2) is 8.20. The number of halogens is 2. The van der Waals surface area contributed by atoms with Gasteiger partial charge >= 0.3 is 6.61 Å². The van der Waals surface area contributed by atoms with Crippen LogP contribution in [0.4, 0.5) is 8.78 Å². The fourth-order valence-corrected chi connectivity index (χ4v) is 1.95. The van der Waals surface area contributed by atoms with E-state index in [4.69, 9.17) is 0 Å². The first-order chi connectivity index (χ1) is 9.38. The van der Waals surface area contributed by atoms with Crippen LogP contribution in [0.25, 0.3) is 0 Å². The van der Waals surface area contributed by atoms with Crippen LogP contribution in [0.15, 0.2) is 24.3 Å². The third-order valence-electron chi connectivity index (χ3n) is 3.56. The standard InChI is InChI=1S/C16H25F2NO/c1-11(2)13(4)19-12(3)5-6-14-7-9-15(10-8-14)20-16(17)18/h7-13,16,19H,5-6H2,1-4H3. The Balaban J connectivity index is 2.38. The molecule has 0 bridgehead atoms. The average Bonchev–Trinajstić information content (AvgIpc) is 2.37. The van der Waals surface area contributed by atoms with Crippen LogP contribution in [-0.2, 0) is 6.42 Å². The number of rotatable bonds is 8. The molecule has 2 unspecified atom stereocenters. The molecule has 0 aliphatic rings. The lowest BCUT2D eigenvalue weighted by Gasteiger charge is -2.22. The third kappa shape index (κ3) is 6.33. The normalized spacial score (nSPS) is 14.6. The lowest BCUT2D eigenvalue weighted by molar-refractivity contribution is -0.0498. The van der Waals surface area contributed by atoms with Crippen LogP contribution >= 0.6 is 0 Å². The Hall–Kier alpha value is -1.16. The average molecular weight is 285 g/mol. The maximum Gasteiger partial charge on any atom is 0.387 e. The van der Waals surface area contributed by atoms with E-state index in [1.807, 2.05) is 12.1 Å². The minimum absolute atomic E-state index is 0.211. The van der Waals surface area contributed by atoms with Crippen molar-refractivity contribution in [2.75, 3.05) is 0 Å². The predicted octanol–water partition coefficient (Wildman–Crippen LogP) is 4.24. The van der Waals surface area contributed by atoms with Gasteiger partial charge in [0.15, 0.2) is 0 Å². The van der Waals surface area contributed by atoms with E-state index in [2.05, 4.69) is 37.7 Å². The molecule has 0 saturated carbocycles. The molecule has 0 spiro atoms. The molecule has 0 heterocycles. The van der Waals surface area contributed by atoms with Gasteiger partial charge in [-0.1, -0.05) is 26.0 Å². The van der Waals surface area contributed by atoms with Gasteiger partial charge in [0.1, 0.15) is 5.75 Å². The lowest BCUT2D eigenvalue weighted by Crippen LogP contribution is -2.37. The van der Waals surface area contributed by atoms with Crippen molar-refractivity contribution in [2.24, 2.45) is 5.92 Å². The van der Waals surface area contributed by atoms with Gasteiger partial charge in [0.25, 0.3) is 0 Å². The minimum atomic E-state index is -2.76. The second-order valence-electron chi connectivity index (χ2n) is 5.66. The van der Waals surface area contributed by atoms with Gasteiger partial charge in [0, 0.05) is 12.1 Å². The maximum absolute atomic E-state index is 12.0. The fraction of sp³-hybridized carbons (Fsp3) is 0.625. The van der Waals surface area contributed by atoms with Crippen LogP contribution in [0.1, 0.15) is 39.7 Å². The van der Waals surface area contributed by atoms with E-state index in [0.29, 0.717) is 18.0 Å². The molecule has 20 heavy (non-hydrogen) atoms. The number of ether oxygens (including phenoxy) is 1. The van der Waals surface area contributed by atoms with E-state index in [1.165, 1.54) is 0 Å². The Bertz CT molecular complexity index is 379. The van der Waals surface area contributed by atoms with Crippen molar-refractivity contribution in [2.45, 2.75) is 59.2 Å². The summed E-state index contributed by atoms with van der Waals surface area (Å²) in [5.41, 5.74) is 1.14. The van der Waals surface area contributed by atoms with E-state index in [9.17, 15) is 8.78 Å². The van der Waals surface area contributed by atoms with Crippen molar-refractivity contribution >= 4 is 0 Å². The third-order valence-corrected chi connectivity index (χ3v) is 3.56. The number of aryl methyl sites for hydroxylation is 1. The first-order valence-corrected chi connectivity index (χ1v) is 7.18. The summed E-state index contributed by atoms with van der Waals surface area (Å²) in [5, 5.41) is 3.56. The molecular formula is C16H25F2NO. The molecule has 1 N–H and O–H groups in total. The summed E-state index contributed by atoms with van der Waals surface area (Å²) in [4.78, 5) is 0. The summed E-state index contributed by atoms with van der Waals surface area (Å²) in [6.45, 7) is 6.01. The molecule has 2 nitrogen and oxygen atoms in total. The summed E-state index contributed by atoms with van der Waals surface area (Å²) in [6.07, 6.45) is 1.94. The van der Waals surface area contributed by atoms with Gasteiger partial charge < -0.3 is 10.1 Å². The summed E-state index contributed by atoms with van der Waals surface area (Å²) in [7, 11) is 0. The second-order valence-corrected chi connectivity index (χ2v) is 5.66. The Kier molecular flexibility index (Phi) is 6.93. The monoisotopic (exact) mass is 285 g/mol. The van der Waals surface area contributed by atoms with Crippen molar-refractivity contribution < 1.29 is 13.5 Å². The molecule has 0 aromatic heterocycles. The smallest absolute Gasteiger partial charge is 0.387 e. The van der Waals surface area contributed by atoms with Crippen molar-refractivity contribution in [3.63, 3.8) is 0 Å². The van der Waals surface area contributed by atoms with E-state index < -0.39 is 6.61 Å². The van der Waals surface area contributed by atoms with Crippen LogP contribution in [0, 0.1) is 5.92 Å². The number of alkyl halides is 2. The van der Waals surface area contributed by atoms with Gasteiger partial charge in [-0.3, -0.25) is 0 Å². The highest BCUT2D eigenvalue weighted by molar-refractivity contribution is 5.27. The Morgan fingerprint density at radius 1 is 1.05 bits per heavy atom. The van der Waals surface area contributed by atoms with E-state index >= 15 is 0 Å². The van der Waals surface area contributed by atoms with Gasteiger partial charge in [-0.15, -0.1) is 0 Å². The van der Waals surface area contributed by atoms with E-state index in [-0.39, 0.29) is 5.75 Å². The molecule has 1 rings (SSSR count). The van der Waals surface area contributed by atoms with Gasteiger partial charge in [-0.05, 0) is 50.3 Å². The molecule has 2 atom stereocenters. The highest BCUT2D eigenvalue weighted by atomic mass is 19.3. The van der Waals surface area contributed by atoms with Crippen LogP contribution in [-0.4, -0.2) is 18.7 Å². The van der Waals surface area contributed by atoms with Crippen molar-refractivity contribution in [3.8, 4) is 5.75 Å². The van der Waals surface area contributed by atoms with Crippen LogP contribution < -0.4 is 10.1 Å². The van der Waals surface area contributed by atoms with Crippen molar-refractivity contribution in [3.05, 3.63) is 29.8 Å². The number of hydrogen-bond acceptors (Lipinski definition) is 2. The summed E-state index contributed by atoms with van der Waals surface area (Å²) >= 11 is 0. The Labute approximate surface area is 120 Å². The molecule has 0 radical (unpaired) electrons. The number of nitrogens with one attached hydrogen (secondary N) is 1. The molecule has 1 aromatic carbocycles.